The molecule has 0 aliphatic rings. The van der Waals surface area contributed by atoms with Gasteiger partial charge in [0.1, 0.15) is 0 Å². The molecule has 0 aromatic rings. The first-order valence-electron chi connectivity index (χ1n) is 1.63. The number of carbonyl (C=O) groups excluding carboxylic acids is 2. The van der Waals surface area contributed by atoms with E-state index >= 15 is 0 Å². The number of hydrogen-bond donors (Lipinski definition) is 2. The lowest BCUT2D eigenvalue weighted by atomic mass is 11.1. The predicted octanol–water partition coefficient (Wildman–Crippen LogP) is 0.0178. The number of hydrogen-bond acceptors (Lipinski definition) is 2. The monoisotopic (exact) mass is 152 g/mol. The molecule has 0 spiro atoms. The molecular weight excluding hydrogens is 148 g/mol. The van der Waals surface area contributed by atoms with Crippen LogP contribution in [0.25, 0.3) is 0 Å². The van der Waals surface area contributed by atoms with Crippen LogP contribution in [0.4, 0.5) is 9.59 Å². The van der Waals surface area contributed by atoms with Gasteiger partial charge in [-0.15, -0.1) is 12.4 Å². The molecule has 9 heavy (non-hydrogen) atoms. The third-order valence-corrected chi connectivity index (χ3v) is 0.247. The number of nitrogens with zero attached hydrogens (tertiary/aromatic N) is 2. The summed E-state index contributed by atoms with van der Waals surface area (Å²) >= 11 is 0. The Morgan fingerprint density at radius 2 is 1.22 bits per heavy atom. The number of primary amides is 2. The fourth-order valence-electron chi connectivity index (χ4n) is 0.0986. The van der Waals surface area contributed by atoms with E-state index < -0.39 is 12.1 Å². The maximum Gasteiger partial charge on any atom is 0.357 e. The number of azo groups is 1. The molecule has 0 saturated heterocycles. The van der Waals surface area contributed by atoms with Gasteiger partial charge in [-0.3, -0.25) is 0 Å². The number of rotatable bonds is 0. The lowest BCUT2D eigenvalue weighted by molar-refractivity contribution is 0.249. The first-order chi connectivity index (χ1) is 3.63. The van der Waals surface area contributed by atoms with Crippen molar-refractivity contribution < 1.29 is 9.59 Å². The standard InChI is InChI=1S/C2H4N4O2.ClH/c3-1(7)5-6-2(4)8;/h(H2,3,7)(H2,4,8);1H. The third kappa shape index (κ3) is 10.9. The summed E-state index contributed by atoms with van der Waals surface area (Å²) in [7, 11) is 0. The minimum absolute atomic E-state index is 0. The van der Waals surface area contributed by atoms with Crippen LogP contribution in [0.1, 0.15) is 0 Å². The normalized spacial score (nSPS) is 8.44. The van der Waals surface area contributed by atoms with Crippen LogP contribution in [0.5, 0.6) is 0 Å². The van der Waals surface area contributed by atoms with Crippen LogP contribution in [0, 0.1) is 0 Å². The van der Waals surface area contributed by atoms with E-state index in [9.17, 15) is 9.59 Å². The highest BCUT2D eigenvalue weighted by Gasteiger charge is 1.86. The third-order valence-electron chi connectivity index (χ3n) is 0.247. The fourth-order valence-corrected chi connectivity index (χ4v) is 0.0986. The van der Waals surface area contributed by atoms with Crippen LogP contribution in [0.15, 0.2) is 10.2 Å². The number of carbonyl (C=O) groups is 2. The van der Waals surface area contributed by atoms with E-state index in [2.05, 4.69) is 21.7 Å². The van der Waals surface area contributed by atoms with Crippen LogP contribution in [0.2, 0.25) is 0 Å². The van der Waals surface area contributed by atoms with Crippen LogP contribution < -0.4 is 11.5 Å². The highest BCUT2D eigenvalue weighted by Crippen LogP contribution is 1.72. The number of halogens is 1. The Morgan fingerprint density at radius 3 is 1.33 bits per heavy atom. The van der Waals surface area contributed by atoms with Gasteiger partial charge in [0.05, 0.1) is 0 Å². The Balaban J connectivity index is 0. The first-order valence-corrected chi connectivity index (χ1v) is 1.63. The van der Waals surface area contributed by atoms with Crippen molar-refractivity contribution in [3.05, 3.63) is 0 Å². The van der Waals surface area contributed by atoms with Gasteiger partial charge in [0, 0.05) is 0 Å². The SMILES string of the molecule is Cl.NC(=O)N=NC(N)=O. The Labute approximate surface area is 56.7 Å². The molecule has 0 bridgehead atoms. The molecule has 0 aromatic carbocycles. The van der Waals surface area contributed by atoms with Crippen molar-refractivity contribution in [3.8, 4) is 0 Å². The molecule has 0 aromatic heterocycles. The summed E-state index contributed by atoms with van der Waals surface area (Å²) in [5.41, 5.74) is 8.87. The summed E-state index contributed by atoms with van der Waals surface area (Å²) in [6.45, 7) is 0. The van der Waals surface area contributed by atoms with Crippen molar-refractivity contribution in [2.75, 3.05) is 0 Å². The van der Waals surface area contributed by atoms with Gasteiger partial charge in [-0.05, 0) is 0 Å². The molecule has 6 nitrogen and oxygen atoms in total. The quantitative estimate of drug-likeness (QED) is 0.477. The highest BCUT2D eigenvalue weighted by atomic mass is 35.5. The molecular formula is C2H5ClN4O2. The summed E-state index contributed by atoms with van der Waals surface area (Å²) in [4.78, 5) is 19.3. The molecule has 0 aliphatic carbocycles. The van der Waals surface area contributed by atoms with E-state index in [1.165, 1.54) is 0 Å². The Bertz CT molecular complexity index is 128. The molecule has 0 aliphatic heterocycles. The molecule has 52 valence electrons. The Kier molecular flexibility index (Phi) is 5.94. The van der Waals surface area contributed by atoms with Gasteiger partial charge < -0.3 is 11.5 Å². The zero-order chi connectivity index (χ0) is 6.57. The van der Waals surface area contributed by atoms with Gasteiger partial charge in [-0.2, -0.15) is 0 Å². The fraction of sp³-hybridized carbons (Fsp3) is 0. The molecule has 0 heterocycles. The maximum atomic E-state index is 9.66. The van der Waals surface area contributed by atoms with Gasteiger partial charge in [0.2, 0.25) is 0 Å². The van der Waals surface area contributed by atoms with Crippen molar-refractivity contribution in [2.45, 2.75) is 0 Å². The number of urea groups is 2. The summed E-state index contributed by atoms with van der Waals surface area (Å²) < 4.78 is 0. The summed E-state index contributed by atoms with van der Waals surface area (Å²) in [6, 6.07) is -2.08. The van der Waals surface area contributed by atoms with Crippen LogP contribution in [-0.2, 0) is 0 Å². The molecule has 0 radical (unpaired) electrons. The van der Waals surface area contributed by atoms with Gasteiger partial charge in [-0.25, -0.2) is 9.59 Å². The molecule has 0 fully saturated rings. The molecule has 0 saturated carbocycles. The van der Waals surface area contributed by atoms with Gasteiger partial charge in [0.25, 0.3) is 0 Å². The summed E-state index contributed by atoms with van der Waals surface area (Å²) in [5.74, 6) is 0. The summed E-state index contributed by atoms with van der Waals surface area (Å²) in [6.07, 6.45) is 0. The molecule has 0 unspecified atom stereocenters. The van der Waals surface area contributed by atoms with Crippen molar-refractivity contribution in [3.63, 3.8) is 0 Å². The Hall–Kier alpha value is -1.17. The molecule has 4 N–H and O–H groups in total. The van der Waals surface area contributed by atoms with Crippen LogP contribution >= 0.6 is 12.4 Å². The van der Waals surface area contributed by atoms with E-state index in [4.69, 9.17) is 0 Å². The van der Waals surface area contributed by atoms with Crippen LogP contribution in [0.3, 0.4) is 0 Å². The van der Waals surface area contributed by atoms with E-state index in [0.717, 1.165) is 0 Å². The Morgan fingerprint density at radius 1 is 1.00 bits per heavy atom. The zero-order valence-electron chi connectivity index (χ0n) is 4.27. The average Bonchev–Trinajstić information content (AvgIpc) is 1.61. The van der Waals surface area contributed by atoms with Crippen molar-refractivity contribution >= 4 is 24.5 Å². The minimum Gasteiger partial charge on any atom is -0.348 e. The largest absolute Gasteiger partial charge is 0.357 e. The lowest BCUT2D eigenvalue weighted by Crippen LogP contribution is -2.07. The van der Waals surface area contributed by atoms with E-state index in [0.29, 0.717) is 0 Å². The predicted molar refractivity (Wildman–Crippen MR) is 31.3 cm³/mol. The highest BCUT2D eigenvalue weighted by molar-refractivity contribution is 5.85. The van der Waals surface area contributed by atoms with E-state index in [1.54, 1.807) is 0 Å². The van der Waals surface area contributed by atoms with Crippen molar-refractivity contribution in [2.24, 2.45) is 21.7 Å². The number of nitrogens with two attached hydrogens (primary N) is 2. The molecule has 0 rings (SSSR count). The molecule has 7 heteroatoms. The van der Waals surface area contributed by atoms with Gasteiger partial charge >= 0.3 is 12.1 Å². The van der Waals surface area contributed by atoms with E-state index in [1.807, 2.05) is 0 Å². The van der Waals surface area contributed by atoms with Crippen molar-refractivity contribution in [1.82, 2.24) is 0 Å². The minimum atomic E-state index is -1.04. The molecule has 4 amide bonds. The zero-order valence-corrected chi connectivity index (χ0v) is 5.09. The van der Waals surface area contributed by atoms with E-state index in [-0.39, 0.29) is 12.4 Å². The van der Waals surface area contributed by atoms with Crippen molar-refractivity contribution in [1.29, 1.82) is 0 Å². The topological polar surface area (TPSA) is 111 Å². The average molecular weight is 153 g/mol. The second kappa shape index (κ2) is 4.98. The first kappa shape index (κ1) is 10.7. The second-order valence-corrected chi connectivity index (χ2v) is 0.876. The number of amides is 4. The maximum absolute atomic E-state index is 9.66. The smallest absolute Gasteiger partial charge is 0.348 e. The lowest BCUT2D eigenvalue weighted by Gasteiger charge is -1.74. The summed E-state index contributed by atoms with van der Waals surface area (Å²) in [5, 5.41) is 5.23. The van der Waals surface area contributed by atoms with Gasteiger partial charge in [-0.1, -0.05) is 10.2 Å². The van der Waals surface area contributed by atoms with Gasteiger partial charge in [0.15, 0.2) is 0 Å². The second-order valence-electron chi connectivity index (χ2n) is 0.876. The molecule has 0 atom stereocenters. The van der Waals surface area contributed by atoms with Crippen LogP contribution in [-0.4, -0.2) is 12.1 Å².